The molecule has 0 aromatic heterocycles. The lowest BCUT2D eigenvalue weighted by atomic mass is 10.1. The van der Waals surface area contributed by atoms with Crippen molar-refractivity contribution in [3.05, 3.63) is 53.6 Å². The van der Waals surface area contributed by atoms with Gasteiger partial charge in [-0.3, -0.25) is 4.79 Å². The van der Waals surface area contributed by atoms with Gasteiger partial charge in [0.1, 0.15) is 16.2 Å². The molecule has 9 nitrogen and oxygen atoms in total. The number of hydrogen-bond donors (Lipinski definition) is 2. The molecular weight excluding hydrogens is 434 g/mol. The number of benzene rings is 2. The highest BCUT2D eigenvalue weighted by Crippen LogP contribution is 2.25. The van der Waals surface area contributed by atoms with Gasteiger partial charge in [0, 0.05) is 24.8 Å². The molecule has 2 amide bonds. The molecule has 2 aromatic rings. The quantitative estimate of drug-likeness (QED) is 0.652. The summed E-state index contributed by atoms with van der Waals surface area (Å²) in [5, 5.41) is 2.74. The van der Waals surface area contributed by atoms with E-state index in [2.05, 4.69) is 10.0 Å². The average Bonchev–Trinajstić information content (AvgIpc) is 2.72. The topological polar surface area (TPSA) is 114 Å². The van der Waals surface area contributed by atoms with Gasteiger partial charge in [0.05, 0.1) is 7.11 Å². The molecule has 10 heteroatoms. The molecule has 0 fully saturated rings. The second kappa shape index (κ2) is 10.0. The molecular formula is C22H29N3O6S. The normalized spacial score (nSPS) is 11.6. The summed E-state index contributed by atoms with van der Waals surface area (Å²) < 4.78 is 37.1. The molecule has 0 heterocycles. The van der Waals surface area contributed by atoms with Crippen LogP contribution in [0.2, 0.25) is 0 Å². The van der Waals surface area contributed by atoms with Crippen LogP contribution in [0.15, 0.2) is 47.4 Å². The Kier molecular flexibility index (Phi) is 7.87. The first-order chi connectivity index (χ1) is 14.9. The fraction of sp³-hybridized carbons (Fsp3) is 0.364. The Balaban J connectivity index is 2.18. The highest BCUT2D eigenvalue weighted by Gasteiger charge is 2.21. The Morgan fingerprint density at radius 1 is 1.09 bits per heavy atom. The largest absolute Gasteiger partial charge is 0.495 e. The molecule has 2 N–H and O–H groups in total. The monoisotopic (exact) mass is 463 g/mol. The number of carbonyl (C=O) groups is 2. The zero-order valence-corrected chi connectivity index (χ0v) is 19.9. The van der Waals surface area contributed by atoms with Crippen molar-refractivity contribution in [3.63, 3.8) is 0 Å². The van der Waals surface area contributed by atoms with Crippen LogP contribution in [0.5, 0.6) is 5.75 Å². The summed E-state index contributed by atoms with van der Waals surface area (Å²) in [5.41, 5.74) is 0.832. The summed E-state index contributed by atoms with van der Waals surface area (Å²) in [6.07, 6.45) is -0.455. The molecule has 32 heavy (non-hydrogen) atoms. The first-order valence-electron chi connectivity index (χ1n) is 9.82. The van der Waals surface area contributed by atoms with E-state index in [1.165, 1.54) is 37.3 Å². The Morgan fingerprint density at radius 3 is 2.38 bits per heavy atom. The number of anilines is 1. The summed E-state index contributed by atoms with van der Waals surface area (Å²) in [7, 11) is 0.440. The number of nitrogens with one attached hydrogen (secondary N) is 2. The van der Waals surface area contributed by atoms with E-state index in [1.807, 2.05) is 6.07 Å². The van der Waals surface area contributed by atoms with Gasteiger partial charge >= 0.3 is 6.09 Å². The van der Waals surface area contributed by atoms with Gasteiger partial charge in [-0.1, -0.05) is 12.1 Å². The predicted molar refractivity (Wildman–Crippen MR) is 121 cm³/mol. The van der Waals surface area contributed by atoms with Crippen LogP contribution in [0, 0.1) is 0 Å². The predicted octanol–water partition coefficient (Wildman–Crippen LogP) is 3.22. The summed E-state index contributed by atoms with van der Waals surface area (Å²) in [5.74, 6) is -0.360. The molecule has 0 aliphatic heterocycles. The van der Waals surface area contributed by atoms with Crippen molar-refractivity contribution < 1.29 is 27.5 Å². The number of hydrogen-bond acceptors (Lipinski definition) is 6. The van der Waals surface area contributed by atoms with E-state index < -0.39 is 27.6 Å². The zero-order valence-electron chi connectivity index (χ0n) is 19.1. The highest BCUT2D eigenvalue weighted by atomic mass is 32.2. The molecule has 0 radical (unpaired) electrons. The molecule has 0 bridgehead atoms. The first kappa shape index (κ1) is 25.2. The number of sulfonamides is 1. The lowest BCUT2D eigenvalue weighted by Gasteiger charge is -2.24. The third kappa shape index (κ3) is 6.69. The molecule has 2 rings (SSSR count). The van der Waals surface area contributed by atoms with E-state index >= 15 is 0 Å². The van der Waals surface area contributed by atoms with E-state index in [0.717, 1.165) is 5.56 Å². The van der Waals surface area contributed by atoms with Gasteiger partial charge in [0.25, 0.3) is 5.91 Å². The van der Waals surface area contributed by atoms with Gasteiger partial charge in [-0.2, -0.15) is 0 Å². The lowest BCUT2D eigenvalue weighted by Crippen LogP contribution is -2.33. The number of amides is 2. The molecule has 0 aliphatic carbocycles. The summed E-state index contributed by atoms with van der Waals surface area (Å²) in [4.78, 5) is 26.2. The number of methoxy groups -OCH3 is 1. The van der Waals surface area contributed by atoms with Crippen molar-refractivity contribution in [1.29, 1.82) is 0 Å². The van der Waals surface area contributed by atoms with Crippen molar-refractivity contribution in [3.8, 4) is 5.75 Å². The smallest absolute Gasteiger partial charge is 0.410 e. The van der Waals surface area contributed by atoms with E-state index in [1.54, 1.807) is 46.0 Å². The third-order valence-corrected chi connectivity index (χ3v) is 5.73. The maximum Gasteiger partial charge on any atom is 0.410 e. The molecule has 2 aromatic carbocycles. The van der Waals surface area contributed by atoms with E-state index in [9.17, 15) is 18.0 Å². The van der Waals surface area contributed by atoms with Crippen LogP contribution in [0.4, 0.5) is 10.5 Å². The fourth-order valence-corrected chi connectivity index (χ4v) is 3.69. The number of nitrogens with zero attached hydrogens (tertiary/aromatic N) is 1. The zero-order chi connectivity index (χ0) is 24.1. The maximum absolute atomic E-state index is 12.7. The summed E-state index contributed by atoms with van der Waals surface area (Å²) >= 11 is 0. The van der Waals surface area contributed by atoms with Crippen molar-refractivity contribution in [2.75, 3.05) is 26.5 Å². The highest BCUT2D eigenvalue weighted by molar-refractivity contribution is 7.89. The van der Waals surface area contributed by atoms with E-state index in [4.69, 9.17) is 9.47 Å². The minimum Gasteiger partial charge on any atom is -0.495 e. The number of rotatable bonds is 7. The van der Waals surface area contributed by atoms with Gasteiger partial charge in [-0.15, -0.1) is 0 Å². The molecule has 174 valence electrons. The van der Waals surface area contributed by atoms with Crippen molar-refractivity contribution in [2.24, 2.45) is 0 Å². The van der Waals surface area contributed by atoms with Crippen LogP contribution >= 0.6 is 0 Å². The van der Waals surface area contributed by atoms with Crippen LogP contribution in [-0.4, -0.2) is 52.1 Å². The molecule has 0 aliphatic rings. The number of carbonyl (C=O) groups excluding carboxylic acids is 2. The van der Waals surface area contributed by atoms with Gasteiger partial charge in [-0.05, 0) is 63.7 Å². The van der Waals surface area contributed by atoms with Crippen LogP contribution in [0.1, 0.15) is 36.7 Å². The standard InChI is InChI=1S/C22H29N3O6S/c1-22(2,3)31-21(27)25(5)14-15-8-7-9-17(12-15)24-20(26)16-10-11-18(30-6)19(13-16)32(28,29)23-4/h7-13,23H,14H2,1-6H3,(H,24,26). The van der Waals surface area contributed by atoms with Gasteiger partial charge in [0.15, 0.2) is 0 Å². The average molecular weight is 464 g/mol. The number of ether oxygens (including phenoxy) is 2. The Morgan fingerprint density at radius 2 is 1.78 bits per heavy atom. The van der Waals surface area contributed by atoms with E-state index in [0.29, 0.717) is 5.69 Å². The summed E-state index contributed by atoms with van der Waals surface area (Å²) in [6, 6.07) is 11.1. The van der Waals surface area contributed by atoms with Crippen molar-refractivity contribution >= 4 is 27.7 Å². The summed E-state index contributed by atoms with van der Waals surface area (Å²) in [6.45, 7) is 5.66. The van der Waals surface area contributed by atoms with Crippen LogP contribution < -0.4 is 14.8 Å². The van der Waals surface area contributed by atoms with Gasteiger partial charge in [0.2, 0.25) is 10.0 Å². The minimum absolute atomic E-state index is 0.128. The molecule has 0 atom stereocenters. The van der Waals surface area contributed by atoms with Crippen LogP contribution in [-0.2, 0) is 21.3 Å². The lowest BCUT2D eigenvalue weighted by molar-refractivity contribution is 0.0285. The van der Waals surface area contributed by atoms with Gasteiger partial charge < -0.3 is 19.7 Å². The second-order valence-electron chi connectivity index (χ2n) is 8.06. The Labute approximate surface area is 188 Å². The molecule has 0 saturated heterocycles. The SMILES string of the molecule is CNS(=O)(=O)c1cc(C(=O)Nc2cccc(CN(C)C(=O)OC(C)(C)C)c2)ccc1OC. The Hall–Kier alpha value is -3.11. The van der Waals surface area contributed by atoms with E-state index in [-0.39, 0.29) is 22.8 Å². The van der Waals surface area contributed by atoms with Crippen LogP contribution in [0.25, 0.3) is 0 Å². The first-order valence-corrected chi connectivity index (χ1v) is 11.3. The Bertz CT molecular complexity index is 1090. The fourth-order valence-electron chi connectivity index (χ4n) is 2.77. The van der Waals surface area contributed by atoms with Crippen molar-refractivity contribution in [2.45, 2.75) is 37.8 Å². The minimum atomic E-state index is -3.82. The molecule has 0 unspecified atom stereocenters. The maximum atomic E-state index is 12.7. The third-order valence-electron chi connectivity index (χ3n) is 4.29. The molecule has 0 saturated carbocycles. The van der Waals surface area contributed by atoms with Gasteiger partial charge in [-0.25, -0.2) is 17.9 Å². The van der Waals surface area contributed by atoms with Crippen LogP contribution in [0.3, 0.4) is 0 Å². The molecule has 0 spiro atoms. The van der Waals surface area contributed by atoms with Crippen molar-refractivity contribution in [1.82, 2.24) is 9.62 Å². The second-order valence-corrected chi connectivity index (χ2v) is 9.92.